The standard InChI is InChI=1S/2C17H14N4O3.Cr.Na/c2*1-11-15(16(22)21(20-11)12-7-3-2-4-8-12)19-18-14-10-6-5-9-13(14)17(23)24;;/h2-10,20H,1H3,(H,23,24);2-10,15H,1H3,(H,23,24);;. The second kappa shape index (κ2) is 17.9. The Balaban J connectivity index is 0.000000260. The first-order valence-electron chi connectivity index (χ1n) is 14.4. The number of carboxylic acids is 2. The Bertz CT molecular complexity index is 2130. The largest absolute Gasteiger partial charge is 0.478 e. The number of nitrogens with one attached hydrogen (secondary N) is 1. The molecule has 1 aliphatic heterocycles. The van der Waals surface area contributed by atoms with Gasteiger partial charge in [-0.25, -0.2) is 14.3 Å². The number of hydrogen-bond donors (Lipinski definition) is 3. The molecule has 3 N–H and O–H groups in total. The van der Waals surface area contributed by atoms with Crippen LogP contribution >= 0.6 is 0 Å². The summed E-state index contributed by atoms with van der Waals surface area (Å²) in [5, 5.41) is 42.6. The molecule has 0 fully saturated rings. The van der Waals surface area contributed by atoms with Gasteiger partial charge in [0.1, 0.15) is 5.69 Å². The third kappa shape index (κ3) is 9.03. The Labute approximate surface area is 318 Å². The summed E-state index contributed by atoms with van der Waals surface area (Å²) in [6.45, 7) is 3.39. The molecule has 0 spiro atoms. The first kappa shape index (κ1) is 39.1. The first-order valence-corrected chi connectivity index (χ1v) is 14.4. The Morgan fingerprint density at radius 3 is 1.72 bits per heavy atom. The van der Waals surface area contributed by atoms with E-state index in [4.69, 9.17) is 10.2 Å². The molecule has 1 aromatic heterocycles. The number of carboxylic acid groups (broad SMARTS) is 2. The number of hydrogen-bond acceptors (Lipinski definition) is 9. The monoisotopic (exact) mass is 719 g/mol. The summed E-state index contributed by atoms with van der Waals surface area (Å²) >= 11 is 0. The number of azo groups is 2. The van der Waals surface area contributed by atoms with E-state index in [2.05, 4.69) is 30.7 Å². The number of benzene rings is 4. The Hall–Kier alpha value is -5.30. The number of para-hydroxylation sites is 2. The number of aromatic carboxylic acids is 2. The van der Waals surface area contributed by atoms with Gasteiger partial charge in [0.25, 0.3) is 11.5 Å². The van der Waals surface area contributed by atoms with Gasteiger partial charge in [-0.15, -0.1) is 10.2 Å². The van der Waals surface area contributed by atoms with Gasteiger partial charge in [0.05, 0.1) is 39.6 Å². The smallest absolute Gasteiger partial charge is 0.337 e. The van der Waals surface area contributed by atoms with Crippen LogP contribution in [-0.4, -0.2) is 79.2 Å². The molecule has 0 aliphatic carbocycles. The predicted octanol–water partition coefficient (Wildman–Crippen LogP) is 6.46. The molecule has 1 amide bonds. The number of H-pyrrole nitrogens is 1. The Kier molecular flexibility index (Phi) is 14.0. The van der Waals surface area contributed by atoms with Crippen molar-refractivity contribution in [3.8, 4) is 5.69 Å². The molecule has 1 radical (unpaired) electrons. The predicted molar refractivity (Wildman–Crippen MR) is 183 cm³/mol. The van der Waals surface area contributed by atoms with Crippen molar-refractivity contribution in [1.29, 1.82) is 0 Å². The molecular weight excluding hydrogens is 691 g/mol. The van der Waals surface area contributed by atoms with Crippen molar-refractivity contribution in [3.63, 3.8) is 0 Å². The SMILES string of the molecule is CC1=NN(c2ccccc2)C(=O)C1N=Nc1ccccc1C(=O)O.Cc1[nH]n(-c2ccccc2)c(=O)c1N=Nc1ccccc1C(=O)O.[Cr].[Na]. The van der Waals surface area contributed by atoms with Crippen LogP contribution in [0.5, 0.6) is 0 Å². The van der Waals surface area contributed by atoms with Crippen LogP contribution < -0.4 is 10.6 Å². The molecule has 50 heavy (non-hydrogen) atoms. The summed E-state index contributed by atoms with van der Waals surface area (Å²) < 4.78 is 1.37. The van der Waals surface area contributed by atoms with E-state index in [-0.39, 0.29) is 86.6 Å². The molecule has 4 aromatic carbocycles. The van der Waals surface area contributed by atoms with E-state index in [1.807, 2.05) is 36.4 Å². The third-order valence-corrected chi connectivity index (χ3v) is 6.96. The van der Waals surface area contributed by atoms with Gasteiger partial charge >= 0.3 is 11.9 Å². The van der Waals surface area contributed by atoms with Gasteiger partial charge in [-0.1, -0.05) is 60.7 Å². The summed E-state index contributed by atoms with van der Waals surface area (Å²) in [6.07, 6.45) is 0. The van der Waals surface area contributed by atoms with E-state index in [0.717, 1.165) is 0 Å². The maximum atomic E-state index is 12.5. The number of aryl methyl sites for hydroxylation is 1. The number of hydrazone groups is 1. The molecule has 16 heteroatoms. The van der Waals surface area contributed by atoms with Crippen molar-refractivity contribution in [2.24, 2.45) is 25.6 Å². The fraction of sp³-hybridized carbons (Fsp3) is 0.0882. The quantitative estimate of drug-likeness (QED) is 0.122. The van der Waals surface area contributed by atoms with Crippen molar-refractivity contribution < 1.29 is 42.0 Å². The van der Waals surface area contributed by atoms with E-state index in [0.29, 0.717) is 22.8 Å². The molecule has 0 saturated carbocycles. The van der Waals surface area contributed by atoms with E-state index in [1.54, 1.807) is 62.4 Å². The minimum Gasteiger partial charge on any atom is -0.478 e. The average Bonchev–Trinajstić information content (AvgIpc) is 3.55. The van der Waals surface area contributed by atoms with Gasteiger partial charge in [0.2, 0.25) is 0 Å². The zero-order valence-corrected chi connectivity index (χ0v) is 30.3. The number of aromatic amines is 1. The average molecular weight is 720 g/mol. The fourth-order valence-corrected chi connectivity index (χ4v) is 4.56. The summed E-state index contributed by atoms with van der Waals surface area (Å²) in [5.74, 6) is -2.52. The van der Waals surface area contributed by atoms with Crippen molar-refractivity contribution in [2.45, 2.75) is 19.9 Å². The molecular formula is C34H28CrN8NaO6. The van der Waals surface area contributed by atoms with Crippen LogP contribution in [0.3, 0.4) is 0 Å². The van der Waals surface area contributed by atoms with E-state index in [1.165, 1.54) is 34.0 Å². The van der Waals surface area contributed by atoms with E-state index >= 15 is 0 Å². The van der Waals surface area contributed by atoms with Crippen LogP contribution in [-0.2, 0) is 22.2 Å². The van der Waals surface area contributed by atoms with Crippen molar-refractivity contribution in [2.75, 3.05) is 5.01 Å². The topological polar surface area (TPSA) is 195 Å². The van der Waals surface area contributed by atoms with Gasteiger partial charge < -0.3 is 10.2 Å². The molecule has 5 aromatic rings. The molecule has 0 saturated heterocycles. The van der Waals surface area contributed by atoms with Crippen molar-refractivity contribution in [3.05, 3.63) is 136 Å². The summed E-state index contributed by atoms with van der Waals surface area (Å²) in [7, 11) is 0. The maximum Gasteiger partial charge on any atom is 0.337 e. The first-order chi connectivity index (χ1) is 23.2. The Morgan fingerprint density at radius 1 is 0.700 bits per heavy atom. The van der Waals surface area contributed by atoms with Crippen LogP contribution in [0.1, 0.15) is 33.3 Å². The van der Waals surface area contributed by atoms with Crippen LogP contribution in [0.25, 0.3) is 5.69 Å². The van der Waals surface area contributed by atoms with Crippen molar-refractivity contribution in [1.82, 2.24) is 9.78 Å². The number of amides is 1. The van der Waals surface area contributed by atoms with Gasteiger partial charge in [-0.05, 0) is 62.4 Å². The number of carbonyl (C=O) groups is 3. The maximum absolute atomic E-state index is 12.5. The third-order valence-electron chi connectivity index (χ3n) is 6.96. The number of nitrogens with zero attached hydrogens (tertiary/aromatic N) is 7. The van der Waals surface area contributed by atoms with Crippen LogP contribution in [0.4, 0.5) is 22.7 Å². The molecule has 1 aliphatic rings. The second-order valence-corrected chi connectivity index (χ2v) is 10.3. The van der Waals surface area contributed by atoms with Gasteiger partial charge in [0, 0.05) is 46.9 Å². The summed E-state index contributed by atoms with van der Waals surface area (Å²) in [5.41, 5.74) is 2.60. The van der Waals surface area contributed by atoms with Gasteiger partial charge in [-0.3, -0.25) is 14.7 Å². The number of anilines is 1. The Morgan fingerprint density at radius 2 is 1.18 bits per heavy atom. The molecule has 247 valence electrons. The van der Waals surface area contributed by atoms with Crippen LogP contribution in [0.15, 0.2) is 140 Å². The minimum absolute atomic E-state index is 0. The van der Waals surface area contributed by atoms with E-state index in [9.17, 15) is 19.2 Å². The number of rotatable bonds is 8. The summed E-state index contributed by atoms with van der Waals surface area (Å²) in [6, 6.07) is 29.7. The van der Waals surface area contributed by atoms with Crippen LogP contribution in [0, 0.1) is 6.92 Å². The molecule has 6 rings (SSSR count). The zero-order valence-electron chi connectivity index (χ0n) is 27.0. The van der Waals surface area contributed by atoms with Gasteiger partial charge in [0.15, 0.2) is 11.7 Å². The van der Waals surface area contributed by atoms with Crippen LogP contribution in [0.2, 0.25) is 0 Å². The number of aromatic nitrogens is 2. The molecule has 14 nitrogen and oxygen atoms in total. The minimum atomic E-state index is -1.10. The molecule has 2 heterocycles. The molecule has 1 unspecified atom stereocenters. The zero-order chi connectivity index (χ0) is 34.2. The van der Waals surface area contributed by atoms with Crippen molar-refractivity contribution >= 4 is 75.9 Å². The normalized spacial score (nSPS) is 13.6. The van der Waals surface area contributed by atoms with Gasteiger partial charge in [-0.2, -0.15) is 20.3 Å². The fourth-order valence-electron chi connectivity index (χ4n) is 4.56. The van der Waals surface area contributed by atoms with E-state index < -0.39 is 18.0 Å². The number of carbonyl (C=O) groups excluding carboxylic acids is 1. The molecule has 1 atom stereocenters. The second-order valence-electron chi connectivity index (χ2n) is 10.3. The molecule has 0 bridgehead atoms. The summed E-state index contributed by atoms with van der Waals surface area (Å²) in [4.78, 5) is 47.4.